The van der Waals surface area contributed by atoms with Gasteiger partial charge in [-0.3, -0.25) is 0 Å². The molecular formula is C12H12BrClN2O3S. The van der Waals surface area contributed by atoms with Gasteiger partial charge in [-0.1, -0.05) is 34.5 Å². The maximum atomic E-state index is 12.1. The lowest BCUT2D eigenvalue weighted by Gasteiger charge is -2.07. The highest BCUT2D eigenvalue weighted by molar-refractivity contribution is 9.10. The van der Waals surface area contributed by atoms with E-state index >= 15 is 0 Å². The topological polar surface area (TPSA) is 72.2 Å². The van der Waals surface area contributed by atoms with Gasteiger partial charge in [0.2, 0.25) is 15.9 Å². The maximum absolute atomic E-state index is 12.1. The molecule has 5 nitrogen and oxygen atoms in total. The third kappa shape index (κ3) is 3.60. The molecule has 0 atom stereocenters. The predicted octanol–water partition coefficient (Wildman–Crippen LogP) is 3.13. The van der Waals surface area contributed by atoms with Crippen molar-refractivity contribution in [2.45, 2.75) is 24.8 Å². The van der Waals surface area contributed by atoms with Gasteiger partial charge in [0.1, 0.15) is 10.7 Å². The number of nitrogens with one attached hydrogen (secondary N) is 1. The fraction of sp³-hybridized carbons (Fsp3) is 0.250. The summed E-state index contributed by atoms with van der Waals surface area (Å²) in [6.07, 6.45) is 2.29. The van der Waals surface area contributed by atoms with Crippen molar-refractivity contribution in [1.82, 2.24) is 9.71 Å². The molecule has 0 aliphatic rings. The Labute approximate surface area is 130 Å². The van der Waals surface area contributed by atoms with Crippen LogP contribution in [0.25, 0.3) is 0 Å². The predicted molar refractivity (Wildman–Crippen MR) is 79.1 cm³/mol. The molecule has 0 spiro atoms. The molecule has 1 heterocycles. The van der Waals surface area contributed by atoms with E-state index in [0.29, 0.717) is 22.5 Å². The summed E-state index contributed by atoms with van der Waals surface area (Å²) >= 11 is 9.16. The quantitative estimate of drug-likeness (QED) is 0.866. The molecule has 108 valence electrons. The minimum Gasteiger partial charge on any atom is -0.444 e. The Morgan fingerprint density at radius 3 is 2.80 bits per heavy atom. The lowest BCUT2D eigenvalue weighted by Crippen LogP contribution is -2.23. The van der Waals surface area contributed by atoms with Gasteiger partial charge in [-0.15, -0.1) is 0 Å². The van der Waals surface area contributed by atoms with Gasteiger partial charge in [0, 0.05) is 10.9 Å². The Morgan fingerprint density at radius 2 is 2.20 bits per heavy atom. The molecule has 1 N–H and O–H groups in total. The lowest BCUT2D eigenvalue weighted by atomic mass is 10.4. The first kappa shape index (κ1) is 15.5. The maximum Gasteiger partial charge on any atom is 0.242 e. The number of aromatic nitrogens is 1. The Balaban J connectivity index is 2.14. The second kappa shape index (κ2) is 6.26. The van der Waals surface area contributed by atoms with Crippen LogP contribution in [0, 0.1) is 0 Å². The molecule has 1 aromatic heterocycles. The van der Waals surface area contributed by atoms with E-state index in [9.17, 15) is 8.42 Å². The average Bonchev–Trinajstić information content (AvgIpc) is 2.84. The molecule has 0 bridgehead atoms. The van der Waals surface area contributed by atoms with Gasteiger partial charge in [0.05, 0.1) is 17.8 Å². The largest absolute Gasteiger partial charge is 0.444 e. The van der Waals surface area contributed by atoms with Crippen molar-refractivity contribution in [2.24, 2.45) is 0 Å². The molecule has 2 rings (SSSR count). The van der Waals surface area contributed by atoms with Crippen LogP contribution in [0.4, 0.5) is 0 Å². The second-order valence-electron chi connectivity index (χ2n) is 3.97. The highest BCUT2D eigenvalue weighted by Crippen LogP contribution is 2.25. The Hall–Kier alpha value is -0.890. The van der Waals surface area contributed by atoms with Crippen molar-refractivity contribution in [3.8, 4) is 0 Å². The zero-order chi connectivity index (χ0) is 14.8. The van der Waals surface area contributed by atoms with Crippen molar-refractivity contribution >= 4 is 37.6 Å². The van der Waals surface area contributed by atoms with Crippen LogP contribution in [0.15, 0.2) is 38.2 Å². The fourth-order valence-electron chi connectivity index (χ4n) is 1.52. The number of nitrogens with zero attached hydrogens (tertiary/aromatic N) is 1. The molecule has 0 fully saturated rings. The third-order valence-corrected chi connectivity index (χ3v) is 4.92. The van der Waals surface area contributed by atoms with E-state index in [1.807, 2.05) is 6.92 Å². The summed E-state index contributed by atoms with van der Waals surface area (Å²) in [5, 5.41) is 0.147. The monoisotopic (exact) mass is 378 g/mol. The van der Waals surface area contributed by atoms with Gasteiger partial charge in [-0.05, 0) is 18.2 Å². The Morgan fingerprint density at radius 1 is 1.45 bits per heavy atom. The molecule has 0 saturated carbocycles. The van der Waals surface area contributed by atoms with E-state index in [2.05, 4.69) is 25.6 Å². The van der Waals surface area contributed by atoms with Crippen molar-refractivity contribution < 1.29 is 12.8 Å². The van der Waals surface area contributed by atoms with Crippen molar-refractivity contribution in [2.75, 3.05) is 0 Å². The van der Waals surface area contributed by atoms with Crippen LogP contribution in [-0.2, 0) is 23.0 Å². The van der Waals surface area contributed by atoms with Crippen LogP contribution in [0.5, 0.6) is 0 Å². The van der Waals surface area contributed by atoms with Gasteiger partial charge in [-0.2, -0.15) is 0 Å². The second-order valence-corrected chi connectivity index (χ2v) is 7.03. The molecular weight excluding hydrogens is 368 g/mol. The van der Waals surface area contributed by atoms with E-state index in [0.717, 1.165) is 0 Å². The third-order valence-electron chi connectivity index (χ3n) is 2.55. The van der Waals surface area contributed by atoms with Crippen LogP contribution < -0.4 is 4.72 Å². The first-order valence-electron chi connectivity index (χ1n) is 5.80. The molecule has 0 radical (unpaired) electrons. The van der Waals surface area contributed by atoms with E-state index in [-0.39, 0.29) is 16.5 Å². The van der Waals surface area contributed by atoms with Crippen molar-refractivity contribution in [3.63, 3.8) is 0 Å². The van der Waals surface area contributed by atoms with Crippen LogP contribution in [0.1, 0.15) is 18.6 Å². The molecule has 2 aromatic rings. The van der Waals surface area contributed by atoms with E-state index in [4.69, 9.17) is 16.0 Å². The zero-order valence-electron chi connectivity index (χ0n) is 10.6. The summed E-state index contributed by atoms with van der Waals surface area (Å²) in [6, 6.07) is 4.57. The lowest BCUT2D eigenvalue weighted by molar-refractivity contribution is 0.452. The van der Waals surface area contributed by atoms with E-state index in [1.54, 1.807) is 12.3 Å². The van der Waals surface area contributed by atoms with Crippen molar-refractivity contribution in [1.29, 1.82) is 0 Å². The highest BCUT2D eigenvalue weighted by Gasteiger charge is 2.18. The summed E-state index contributed by atoms with van der Waals surface area (Å²) in [5.41, 5.74) is 0. The molecule has 1 aromatic carbocycles. The van der Waals surface area contributed by atoms with E-state index < -0.39 is 10.0 Å². The molecule has 0 amide bonds. The van der Waals surface area contributed by atoms with Crippen LogP contribution in [0.2, 0.25) is 5.02 Å². The standard InChI is InChI=1S/C12H12BrClN2O3S/c1-2-9-6-15-12(19-9)7-16-20(17,18)11-4-3-8(13)5-10(11)14/h3-6,16H,2,7H2,1H3. The highest BCUT2D eigenvalue weighted by atomic mass is 79.9. The van der Waals surface area contributed by atoms with Gasteiger partial charge in [0.15, 0.2) is 0 Å². The van der Waals surface area contributed by atoms with Gasteiger partial charge in [0.25, 0.3) is 0 Å². The fourth-order valence-corrected chi connectivity index (χ4v) is 3.53. The Bertz CT molecular complexity index is 715. The number of sulfonamides is 1. The number of benzene rings is 1. The van der Waals surface area contributed by atoms with Crippen LogP contribution in [0.3, 0.4) is 0 Å². The number of hydrogen-bond acceptors (Lipinski definition) is 4. The molecule has 0 aliphatic heterocycles. The van der Waals surface area contributed by atoms with Crippen LogP contribution >= 0.6 is 27.5 Å². The number of rotatable bonds is 5. The minimum absolute atomic E-state index is 0.0182. The zero-order valence-corrected chi connectivity index (χ0v) is 13.7. The first-order chi connectivity index (χ1) is 9.42. The summed E-state index contributed by atoms with van der Waals surface area (Å²) < 4.78 is 32.7. The van der Waals surface area contributed by atoms with Gasteiger partial charge >= 0.3 is 0 Å². The number of hydrogen-bond donors (Lipinski definition) is 1. The SMILES string of the molecule is CCc1cnc(CNS(=O)(=O)c2ccc(Br)cc2Cl)o1. The smallest absolute Gasteiger partial charge is 0.242 e. The van der Waals surface area contributed by atoms with Crippen LogP contribution in [-0.4, -0.2) is 13.4 Å². The number of oxazole rings is 1. The average molecular weight is 380 g/mol. The summed E-state index contributed by atoms with van der Waals surface area (Å²) in [5.74, 6) is 1.03. The normalized spacial score (nSPS) is 11.8. The minimum atomic E-state index is -3.71. The summed E-state index contributed by atoms with van der Waals surface area (Å²) in [6.45, 7) is 1.91. The number of aryl methyl sites for hydroxylation is 1. The first-order valence-corrected chi connectivity index (χ1v) is 8.46. The molecule has 0 unspecified atom stereocenters. The summed E-state index contributed by atoms with van der Waals surface area (Å²) in [7, 11) is -3.71. The number of halogens is 2. The molecule has 0 saturated heterocycles. The van der Waals surface area contributed by atoms with Gasteiger partial charge in [-0.25, -0.2) is 18.1 Å². The van der Waals surface area contributed by atoms with E-state index in [1.165, 1.54) is 12.1 Å². The Kier molecular flexibility index (Phi) is 4.85. The molecule has 0 aliphatic carbocycles. The molecule has 8 heteroatoms. The molecule has 20 heavy (non-hydrogen) atoms. The van der Waals surface area contributed by atoms with Gasteiger partial charge < -0.3 is 4.42 Å². The summed E-state index contributed by atoms with van der Waals surface area (Å²) in [4.78, 5) is 4.00. The van der Waals surface area contributed by atoms with Crippen molar-refractivity contribution in [3.05, 3.63) is 45.5 Å².